The molecule has 0 fully saturated rings. The van der Waals surface area contributed by atoms with Crippen LogP contribution in [0.5, 0.6) is 11.6 Å². The number of pyridine rings is 1. The van der Waals surface area contributed by atoms with Gasteiger partial charge in [-0.05, 0) is 48.0 Å². The van der Waals surface area contributed by atoms with Crippen LogP contribution in [0.3, 0.4) is 0 Å². The van der Waals surface area contributed by atoms with E-state index in [4.69, 9.17) is 22.1 Å². The van der Waals surface area contributed by atoms with Gasteiger partial charge in [0.15, 0.2) is 0 Å². The number of nitrogens with two attached hydrogens (primary N) is 1. The van der Waals surface area contributed by atoms with Crippen molar-refractivity contribution >= 4 is 40.7 Å². The van der Waals surface area contributed by atoms with Gasteiger partial charge in [-0.25, -0.2) is 9.97 Å². The Morgan fingerprint density at radius 1 is 1.05 bits per heavy atom. The fourth-order valence-electron chi connectivity index (χ4n) is 3.30. The van der Waals surface area contributed by atoms with E-state index in [2.05, 4.69) is 20.6 Å². The zero-order valence-corrected chi connectivity index (χ0v) is 20.5. The summed E-state index contributed by atoms with van der Waals surface area (Å²) in [6, 6.07) is 18.7. The first-order valence-corrected chi connectivity index (χ1v) is 11.7. The second-order valence-corrected chi connectivity index (χ2v) is 8.33. The van der Waals surface area contributed by atoms with Crippen molar-refractivity contribution in [1.82, 2.24) is 14.5 Å². The van der Waals surface area contributed by atoms with Crippen molar-refractivity contribution in [3.63, 3.8) is 0 Å². The number of ether oxygens (including phenoxy) is 1. The molecule has 2 heterocycles. The number of rotatable bonds is 9. The van der Waals surface area contributed by atoms with Crippen LogP contribution in [0, 0.1) is 0 Å². The van der Waals surface area contributed by atoms with E-state index in [-0.39, 0.29) is 42.1 Å². The Morgan fingerprint density at radius 3 is 2.46 bits per heavy atom. The van der Waals surface area contributed by atoms with Crippen molar-refractivity contribution in [2.24, 2.45) is 5.73 Å². The Bertz CT molecular complexity index is 1490. The number of benzene rings is 2. The third-order valence-corrected chi connectivity index (χ3v) is 5.46. The highest BCUT2D eigenvalue weighted by Gasteiger charge is 2.14. The molecule has 0 atom stereocenters. The van der Waals surface area contributed by atoms with E-state index in [0.29, 0.717) is 16.5 Å². The Labute approximate surface area is 217 Å². The van der Waals surface area contributed by atoms with Gasteiger partial charge in [0.05, 0.1) is 12.7 Å². The second-order valence-electron chi connectivity index (χ2n) is 7.89. The molecule has 0 aliphatic rings. The van der Waals surface area contributed by atoms with Crippen LogP contribution < -0.4 is 26.7 Å². The molecule has 4 aromatic rings. The Hall–Kier alpha value is -4.70. The van der Waals surface area contributed by atoms with Crippen LogP contribution in [0.4, 0.5) is 17.3 Å². The molecule has 0 saturated heterocycles. The van der Waals surface area contributed by atoms with Crippen molar-refractivity contribution in [2.45, 2.75) is 19.9 Å². The maximum Gasteiger partial charge on any atom is 0.279 e. The number of amides is 2. The fourth-order valence-corrected chi connectivity index (χ4v) is 3.43. The lowest BCUT2D eigenvalue weighted by molar-refractivity contribution is -0.115. The molecule has 0 aliphatic carbocycles. The summed E-state index contributed by atoms with van der Waals surface area (Å²) in [7, 11) is 0. The average Bonchev–Trinajstić information content (AvgIpc) is 2.90. The van der Waals surface area contributed by atoms with Gasteiger partial charge in [-0.15, -0.1) is 0 Å². The van der Waals surface area contributed by atoms with Gasteiger partial charge in [0.25, 0.3) is 11.5 Å². The second kappa shape index (κ2) is 11.4. The van der Waals surface area contributed by atoms with Gasteiger partial charge in [0, 0.05) is 23.2 Å². The van der Waals surface area contributed by atoms with E-state index in [0.717, 1.165) is 5.56 Å². The number of hydrogen-bond donors (Lipinski definition) is 3. The number of primary amides is 1. The lowest BCUT2D eigenvalue weighted by atomic mass is 10.2. The number of nitrogens with zero attached hydrogens (tertiary/aromatic N) is 3. The first-order chi connectivity index (χ1) is 17.8. The van der Waals surface area contributed by atoms with Crippen LogP contribution in [0.15, 0.2) is 77.7 Å². The number of halogens is 1. The number of carbonyl (C=O) groups is 2. The molecular formula is C26H23ClN6O4. The SMILES string of the molecule is CCC(=O)Nc1cnc(Nc2ccc(Oc3cccc(C(N)=O)n3)cc2)n(Cc2ccc(Cl)cc2)c1=O. The Kier molecular flexibility index (Phi) is 7.80. The van der Waals surface area contributed by atoms with E-state index < -0.39 is 11.5 Å². The van der Waals surface area contributed by atoms with Crippen LogP contribution >= 0.6 is 11.6 Å². The van der Waals surface area contributed by atoms with Gasteiger partial charge >= 0.3 is 0 Å². The van der Waals surface area contributed by atoms with Crippen molar-refractivity contribution in [3.8, 4) is 11.6 Å². The summed E-state index contributed by atoms with van der Waals surface area (Å²) in [6.45, 7) is 1.90. The summed E-state index contributed by atoms with van der Waals surface area (Å²) < 4.78 is 7.13. The van der Waals surface area contributed by atoms with Crippen molar-refractivity contribution < 1.29 is 14.3 Å². The van der Waals surface area contributed by atoms with E-state index >= 15 is 0 Å². The quantitative estimate of drug-likeness (QED) is 0.299. The topological polar surface area (TPSA) is 141 Å². The van der Waals surface area contributed by atoms with Gasteiger partial charge in [0.1, 0.15) is 17.1 Å². The van der Waals surface area contributed by atoms with E-state index in [1.165, 1.54) is 16.8 Å². The largest absolute Gasteiger partial charge is 0.439 e. The third kappa shape index (κ3) is 6.50. The Morgan fingerprint density at radius 2 is 1.78 bits per heavy atom. The van der Waals surface area contributed by atoms with Crippen molar-refractivity contribution in [1.29, 1.82) is 0 Å². The van der Waals surface area contributed by atoms with Crippen molar-refractivity contribution in [2.75, 3.05) is 10.6 Å². The zero-order valence-electron chi connectivity index (χ0n) is 19.8. The van der Waals surface area contributed by atoms with Gasteiger partial charge in [-0.1, -0.05) is 36.7 Å². The minimum absolute atomic E-state index is 0.0841. The molecule has 2 aromatic heterocycles. The van der Waals surface area contributed by atoms with Crippen LogP contribution in [0.25, 0.3) is 0 Å². The molecule has 4 N–H and O–H groups in total. The number of anilines is 3. The molecule has 0 radical (unpaired) electrons. The van der Waals surface area contributed by atoms with Gasteiger partial charge in [-0.3, -0.25) is 19.0 Å². The minimum atomic E-state index is -0.651. The number of carbonyl (C=O) groups excluding carboxylic acids is 2. The van der Waals surface area contributed by atoms with E-state index in [9.17, 15) is 14.4 Å². The van der Waals surface area contributed by atoms with Gasteiger partial charge < -0.3 is 21.1 Å². The normalized spacial score (nSPS) is 10.5. The lowest BCUT2D eigenvalue weighted by Gasteiger charge is -2.16. The highest BCUT2D eigenvalue weighted by Crippen LogP contribution is 2.23. The maximum absolute atomic E-state index is 13.2. The summed E-state index contributed by atoms with van der Waals surface area (Å²) >= 11 is 5.99. The zero-order chi connectivity index (χ0) is 26.4. The minimum Gasteiger partial charge on any atom is -0.439 e. The molecule has 10 nitrogen and oxygen atoms in total. The molecule has 2 amide bonds. The number of aromatic nitrogens is 3. The summed E-state index contributed by atoms with van der Waals surface area (Å²) in [5.74, 6) is 0.0365. The smallest absolute Gasteiger partial charge is 0.279 e. The predicted molar refractivity (Wildman–Crippen MR) is 141 cm³/mol. The third-order valence-electron chi connectivity index (χ3n) is 5.21. The molecule has 0 spiro atoms. The molecule has 2 aromatic carbocycles. The van der Waals surface area contributed by atoms with E-state index in [1.807, 2.05) is 12.1 Å². The summed E-state index contributed by atoms with van der Waals surface area (Å²) in [4.78, 5) is 44.9. The fraction of sp³-hybridized carbons (Fsp3) is 0.115. The van der Waals surface area contributed by atoms with Crippen LogP contribution in [0.2, 0.25) is 5.02 Å². The molecule has 4 rings (SSSR count). The molecule has 0 unspecified atom stereocenters. The molecule has 0 bridgehead atoms. The first-order valence-electron chi connectivity index (χ1n) is 11.3. The predicted octanol–water partition coefficient (Wildman–Crippen LogP) is 4.32. The lowest BCUT2D eigenvalue weighted by Crippen LogP contribution is -2.28. The van der Waals surface area contributed by atoms with Gasteiger partial charge in [0.2, 0.25) is 17.7 Å². The van der Waals surface area contributed by atoms with Gasteiger partial charge in [-0.2, -0.15) is 0 Å². The molecule has 0 saturated carbocycles. The average molecular weight is 519 g/mol. The monoisotopic (exact) mass is 518 g/mol. The number of nitrogens with one attached hydrogen (secondary N) is 2. The standard InChI is InChI=1S/C26H23ClN6O4/c1-2-22(34)31-21-14-29-26(33(25(21)36)15-16-6-8-17(27)9-7-16)30-18-10-12-19(13-11-18)37-23-5-3-4-20(32-23)24(28)35/h3-14H,2,15H2,1H3,(H2,28,35)(H,29,30)(H,31,34). The Balaban J connectivity index is 1.58. The van der Waals surface area contributed by atoms with Crippen LogP contribution in [-0.2, 0) is 11.3 Å². The summed E-state index contributed by atoms with van der Waals surface area (Å²) in [5, 5.41) is 6.31. The molecular weight excluding hydrogens is 496 g/mol. The van der Waals surface area contributed by atoms with E-state index in [1.54, 1.807) is 55.5 Å². The van der Waals surface area contributed by atoms with Crippen LogP contribution in [0.1, 0.15) is 29.4 Å². The molecule has 37 heavy (non-hydrogen) atoms. The number of hydrogen-bond acceptors (Lipinski definition) is 7. The molecule has 11 heteroatoms. The molecule has 188 valence electrons. The highest BCUT2D eigenvalue weighted by molar-refractivity contribution is 6.30. The first kappa shape index (κ1) is 25.4. The highest BCUT2D eigenvalue weighted by atomic mass is 35.5. The molecule has 0 aliphatic heterocycles. The summed E-state index contributed by atoms with van der Waals surface area (Å²) in [6.07, 6.45) is 1.55. The van der Waals surface area contributed by atoms with Crippen molar-refractivity contribution in [3.05, 3.63) is 99.6 Å². The van der Waals surface area contributed by atoms with Crippen LogP contribution in [-0.4, -0.2) is 26.3 Å². The summed E-state index contributed by atoms with van der Waals surface area (Å²) in [5.41, 5.74) is 6.49. The maximum atomic E-state index is 13.2.